The van der Waals surface area contributed by atoms with Crippen LogP contribution in [-0.4, -0.2) is 107 Å². The zero-order chi connectivity index (χ0) is 42.0. The van der Waals surface area contributed by atoms with Crippen LogP contribution in [0.25, 0.3) is 11.1 Å². The second kappa shape index (κ2) is 19.8. The maximum Gasteiger partial charge on any atom is 0.264 e. The van der Waals surface area contributed by atoms with Crippen molar-refractivity contribution in [2.24, 2.45) is 0 Å². The van der Waals surface area contributed by atoms with Gasteiger partial charge in [0.1, 0.15) is 24.1 Å². The molecule has 0 spiro atoms. The molecule has 3 N–H and O–H groups in total. The van der Waals surface area contributed by atoms with E-state index in [4.69, 9.17) is 16.3 Å². The Hall–Kier alpha value is -5.98. The molecule has 0 bridgehead atoms. The molecule has 0 aromatic heterocycles. The number of alkyl halides is 1. The summed E-state index contributed by atoms with van der Waals surface area (Å²) in [6, 6.07) is 29.6. The quantitative estimate of drug-likeness (QED) is 0.0465. The van der Waals surface area contributed by atoms with Gasteiger partial charge in [0, 0.05) is 63.7 Å². The maximum absolute atomic E-state index is 13.3. The molecule has 4 aromatic rings. The molecule has 0 radical (unpaired) electrons. The van der Waals surface area contributed by atoms with Gasteiger partial charge >= 0.3 is 0 Å². The van der Waals surface area contributed by atoms with Gasteiger partial charge in [-0.05, 0) is 89.9 Å². The molecule has 0 aliphatic carbocycles. The SMILES string of the molecule is O=C1CCC(N2C(=O)c3cccc(NCCCCCC(=O)N4CCN(CCOc5ccc(C(=C(CCCl)c6ccccc6)c6ccc(O)cc6)cc5)CC4)c3C2=O)C(=O)N1. The number of imide groups is 2. The van der Waals surface area contributed by atoms with Gasteiger partial charge in [-0.1, -0.05) is 67.1 Å². The average Bonchev–Trinajstić information content (AvgIpc) is 3.52. The summed E-state index contributed by atoms with van der Waals surface area (Å²) in [6.07, 6.45) is 3.66. The van der Waals surface area contributed by atoms with Crippen LogP contribution in [0, 0.1) is 0 Å². The van der Waals surface area contributed by atoms with Crippen LogP contribution in [0.1, 0.15) is 82.4 Å². The Morgan fingerprint density at radius 3 is 2.20 bits per heavy atom. The number of aromatic hydroxyl groups is 1. The lowest BCUT2D eigenvalue weighted by Gasteiger charge is -2.34. The molecule has 60 heavy (non-hydrogen) atoms. The number of halogens is 1. The standard InChI is InChI=1S/C47H50ClN5O7/c48-24-23-37(32-8-3-1-4-9-32)43(33-13-17-35(54)18-14-33)34-15-19-36(20-16-34)60-31-30-51-26-28-52(29-27-51)42(56)12-5-2-6-25-49-39-11-7-10-38-44(39)47(59)53(46(38)58)40-21-22-41(55)50-45(40)57/h1,3-4,7-11,13-20,40,49,54H,2,5-6,12,21-31H2,(H,50,55,57). The normalized spacial score (nSPS) is 17.3. The maximum atomic E-state index is 13.3. The molecule has 3 heterocycles. The van der Waals surface area contributed by atoms with Gasteiger partial charge in [0.15, 0.2) is 0 Å². The van der Waals surface area contributed by atoms with Gasteiger partial charge in [0.25, 0.3) is 11.8 Å². The first-order valence-corrected chi connectivity index (χ1v) is 21.2. The summed E-state index contributed by atoms with van der Waals surface area (Å²) in [5.74, 6) is -0.502. The number of amides is 5. The molecular formula is C47H50ClN5O7. The number of piperazine rings is 1. The molecule has 2 fully saturated rings. The lowest BCUT2D eigenvalue weighted by molar-refractivity contribution is -0.136. The van der Waals surface area contributed by atoms with E-state index < -0.39 is 29.7 Å². The zero-order valence-corrected chi connectivity index (χ0v) is 34.3. The number of nitrogens with one attached hydrogen (secondary N) is 2. The van der Waals surface area contributed by atoms with E-state index in [0.29, 0.717) is 50.7 Å². The summed E-state index contributed by atoms with van der Waals surface area (Å²) in [5, 5.41) is 15.5. The summed E-state index contributed by atoms with van der Waals surface area (Å²) >= 11 is 6.31. The van der Waals surface area contributed by atoms with Crippen molar-refractivity contribution >= 4 is 58.0 Å². The largest absolute Gasteiger partial charge is 0.508 e. The molecule has 12 nitrogen and oxygen atoms in total. The van der Waals surface area contributed by atoms with Gasteiger partial charge in [0.2, 0.25) is 17.7 Å². The van der Waals surface area contributed by atoms with Crippen LogP contribution < -0.4 is 15.4 Å². The van der Waals surface area contributed by atoms with Crippen molar-refractivity contribution in [2.75, 3.05) is 57.1 Å². The van der Waals surface area contributed by atoms with E-state index in [1.165, 1.54) is 0 Å². The predicted molar refractivity (Wildman–Crippen MR) is 231 cm³/mol. The monoisotopic (exact) mass is 831 g/mol. The van der Waals surface area contributed by atoms with Crippen molar-refractivity contribution in [3.8, 4) is 11.5 Å². The molecule has 0 saturated carbocycles. The molecule has 13 heteroatoms. The van der Waals surface area contributed by atoms with Crippen LogP contribution in [0.3, 0.4) is 0 Å². The number of phenolic OH excluding ortho intramolecular Hbond substituents is 1. The number of anilines is 1. The number of carbonyl (C=O) groups excluding carboxylic acids is 5. The van der Waals surface area contributed by atoms with E-state index in [-0.39, 0.29) is 35.6 Å². The summed E-state index contributed by atoms with van der Waals surface area (Å²) in [7, 11) is 0. The Kier molecular flexibility index (Phi) is 13.9. The van der Waals surface area contributed by atoms with Crippen molar-refractivity contribution in [3.63, 3.8) is 0 Å². The first kappa shape index (κ1) is 42.2. The number of fused-ring (bicyclic) bond motifs is 1. The fraction of sp³-hybridized carbons (Fsp3) is 0.340. The molecule has 3 aliphatic rings. The Morgan fingerprint density at radius 2 is 1.50 bits per heavy atom. The van der Waals surface area contributed by atoms with Crippen LogP contribution in [0.15, 0.2) is 97.1 Å². The number of ether oxygens (including phenoxy) is 1. The van der Waals surface area contributed by atoms with E-state index in [2.05, 4.69) is 39.8 Å². The highest BCUT2D eigenvalue weighted by atomic mass is 35.5. The summed E-state index contributed by atoms with van der Waals surface area (Å²) < 4.78 is 6.16. The van der Waals surface area contributed by atoms with Crippen molar-refractivity contribution in [2.45, 2.75) is 51.0 Å². The van der Waals surface area contributed by atoms with Crippen molar-refractivity contribution in [3.05, 3.63) is 125 Å². The molecule has 3 aliphatic heterocycles. The van der Waals surface area contributed by atoms with Crippen LogP contribution in [0.5, 0.6) is 11.5 Å². The number of phenols is 1. The highest BCUT2D eigenvalue weighted by Gasteiger charge is 2.45. The van der Waals surface area contributed by atoms with Gasteiger partial charge in [-0.15, -0.1) is 11.6 Å². The fourth-order valence-electron chi connectivity index (χ4n) is 8.14. The molecule has 5 amide bonds. The van der Waals surface area contributed by atoms with Gasteiger partial charge in [0.05, 0.1) is 11.1 Å². The van der Waals surface area contributed by atoms with Gasteiger partial charge in [-0.2, -0.15) is 0 Å². The molecule has 1 unspecified atom stereocenters. The van der Waals surface area contributed by atoms with Gasteiger partial charge < -0.3 is 20.1 Å². The Balaban J connectivity index is 0.822. The zero-order valence-electron chi connectivity index (χ0n) is 33.5. The number of nitrogens with zero attached hydrogens (tertiary/aromatic N) is 3. The highest BCUT2D eigenvalue weighted by molar-refractivity contribution is 6.25. The topological polar surface area (TPSA) is 149 Å². The second-order valence-electron chi connectivity index (χ2n) is 15.2. The third kappa shape index (κ3) is 9.89. The predicted octanol–water partition coefficient (Wildman–Crippen LogP) is 6.58. The second-order valence-corrected chi connectivity index (χ2v) is 15.6. The molecule has 4 aromatic carbocycles. The summed E-state index contributed by atoms with van der Waals surface area (Å²) in [5.41, 5.74) is 6.33. The summed E-state index contributed by atoms with van der Waals surface area (Å²) in [6.45, 7) is 4.75. The van der Waals surface area contributed by atoms with Crippen LogP contribution in [0.2, 0.25) is 0 Å². The molecule has 7 rings (SSSR count). The summed E-state index contributed by atoms with van der Waals surface area (Å²) in [4.78, 5) is 68.7. The van der Waals surface area contributed by atoms with Crippen molar-refractivity contribution in [1.82, 2.24) is 20.0 Å². The van der Waals surface area contributed by atoms with E-state index in [1.807, 2.05) is 47.4 Å². The number of carbonyl (C=O) groups is 5. The van der Waals surface area contributed by atoms with Gasteiger partial charge in [-0.25, -0.2) is 0 Å². The van der Waals surface area contributed by atoms with Gasteiger partial charge in [-0.3, -0.25) is 39.1 Å². The number of benzene rings is 4. The van der Waals surface area contributed by atoms with Crippen LogP contribution in [0.4, 0.5) is 5.69 Å². The number of piperidine rings is 1. The van der Waals surface area contributed by atoms with Crippen LogP contribution >= 0.6 is 11.6 Å². The number of allylic oxidation sites excluding steroid dienone is 1. The number of rotatable bonds is 17. The average molecular weight is 832 g/mol. The van der Waals surface area contributed by atoms with E-state index in [9.17, 15) is 29.1 Å². The minimum atomic E-state index is -1.01. The first-order chi connectivity index (χ1) is 29.2. The minimum Gasteiger partial charge on any atom is -0.508 e. The van der Waals surface area contributed by atoms with Crippen molar-refractivity contribution in [1.29, 1.82) is 0 Å². The lowest BCUT2D eigenvalue weighted by Crippen LogP contribution is -2.54. The van der Waals surface area contributed by atoms with Crippen LogP contribution in [-0.2, 0) is 14.4 Å². The Labute approximate surface area is 355 Å². The minimum absolute atomic E-state index is 0.0682. The van der Waals surface area contributed by atoms with E-state index in [1.54, 1.807) is 30.3 Å². The van der Waals surface area contributed by atoms with E-state index >= 15 is 0 Å². The Bertz CT molecular complexity index is 2220. The lowest BCUT2D eigenvalue weighted by atomic mass is 9.88. The van der Waals surface area contributed by atoms with E-state index in [0.717, 1.165) is 77.4 Å². The molecule has 2 saturated heterocycles. The third-order valence-corrected chi connectivity index (χ3v) is 11.5. The third-order valence-electron chi connectivity index (χ3n) is 11.3. The first-order valence-electron chi connectivity index (χ1n) is 20.7. The number of hydrogen-bond acceptors (Lipinski definition) is 9. The molecular weight excluding hydrogens is 782 g/mol. The highest BCUT2D eigenvalue weighted by Crippen LogP contribution is 2.36. The number of hydrogen-bond donors (Lipinski definition) is 3. The molecule has 312 valence electrons. The molecule has 1 atom stereocenters. The smallest absolute Gasteiger partial charge is 0.264 e. The van der Waals surface area contributed by atoms with Crippen molar-refractivity contribution < 1.29 is 33.8 Å². The fourth-order valence-corrected chi connectivity index (χ4v) is 8.33. The Morgan fingerprint density at radius 1 is 0.783 bits per heavy atom. The number of unbranched alkanes of at least 4 members (excludes halogenated alkanes) is 2.